The normalized spacial score (nSPS) is 13.7. The number of rotatable bonds is 6. The van der Waals surface area contributed by atoms with Gasteiger partial charge in [0.1, 0.15) is 11.7 Å². The Hall–Kier alpha value is -2.84. The minimum absolute atomic E-state index is 0.00358. The quantitative estimate of drug-likeness (QED) is 0.691. The Kier molecular flexibility index (Phi) is 5.06. The zero-order valence-electron chi connectivity index (χ0n) is 16.0. The van der Waals surface area contributed by atoms with E-state index in [0.29, 0.717) is 18.0 Å². The summed E-state index contributed by atoms with van der Waals surface area (Å²) in [6.07, 6.45) is 0. The van der Waals surface area contributed by atoms with Crippen LogP contribution >= 0.6 is 11.3 Å². The maximum atomic E-state index is 13.2. The van der Waals surface area contributed by atoms with Crippen LogP contribution in [0.3, 0.4) is 0 Å². The third-order valence-corrected chi connectivity index (χ3v) is 5.54. The van der Waals surface area contributed by atoms with E-state index in [4.69, 9.17) is 9.47 Å². The molecule has 28 heavy (non-hydrogen) atoms. The molecule has 1 aromatic carbocycles. The molecule has 1 aliphatic heterocycles. The van der Waals surface area contributed by atoms with Crippen LogP contribution in [0.15, 0.2) is 41.8 Å². The molecule has 1 aliphatic rings. The number of amides is 1. The van der Waals surface area contributed by atoms with Crippen molar-refractivity contribution >= 4 is 17.2 Å². The highest BCUT2D eigenvalue weighted by molar-refractivity contribution is 7.13. The van der Waals surface area contributed by atoms with Gasteiger partial charge in [-0.05, 0) is 49.3 Å². The van der Waals surface area contributed by atoms with Crippen LogP contribution in [0, 0.1) is 0 Å². The molecule has 4 rings (SSSR count). The average Bonchev–Trinajstić information content (AvgIpc) is 3.42. The number of aromatic amines is 1. The van der Waals surface area contributed by atoms with Crippen molar-refractivity contribution in [2.45, 2.75) is 12.6 Å². The molecule has 0 bridgehead atoms. The van der Waals surface area contributed by atoms with E-state index >= 15 is 0 Å². The molecule has 3 heterocycles. The topological polar surface area (TPSA) is 70.7 Å². The number of carbonyl (C=O) groups excluding carboxylic acids is 1. The maximum absolute atomic E-state index is 13.2. The lowest BCUT2D eigenvalue weighted by molar-refractivity contribution is -0.135. The van der Waals surface area contributed by atoms with Crippen LogP contribution in [0.25, 0.3) is 10.6 Å². The minimum Gasteiger partial charge on any atom is -0.454 e. The Labute approximate surface area is 167 Å². The highest BCUT2D eigenvalue weighted by Crippen LogP contribution is 2.35. The molecule has 0 fully saturated rings. The van der Waals surface area contributed by atoms with E-state index in [-0.39, 0.29) is 12.7 Å². The van der Waals surface area contributed by atoms with Crippen LogP contribution in [-0.2, 0) is 11.3 Å². The number of likely N-dealkylation sites (N-methyl/N-ethyl adjacent to an activating group) is 2. The maximum Gasteiger partial charge on any atom is 0.244 e. The molecule has 8 heteroatoms. The van der Waals surface area contributed by atoms with Crippen molar-refractivity contribution in [3.63, 3.8) is 0 Å². The molecule has 1 N–H and O–H groups in total. The molecule has 1 atom stereocenters. The van der Waals surface area contributed by atoms with Gasteiger partial charge in [-0.2, -0.15) is 5.10 Å². The summed E-state index contributed by atoms with van der Waals surface area (Å²) in [6.45, 7) is 0.664. The number of nitrogens with zero attached hydrogens (tertiary/aromatic N) is 3. The molecule has 3 aromatic rings. The fourth-order valence-corrected chi connectivity index (χ4v) is 3.97. The third kappa shape index (κ3) is 3.61. The number of ether oxygens (including phenoxy) is 2. The van der Waals surface area contributed by atoms with Crippen LogP contribution in [-0.4, -0.2) is 53.8 Å². The summed E-state index contributed by atoms with van der Waals surface area (Å²) in [5, 5.41) is 9.41. The zero-order valence-corrected chi connectivity index (χ0v) is 16.8. The average molecular weight is 398 g/mol. The molecule has 1 amide bonds. The van der Waals surface area contributed by atoms with Crippen LogP contribution in [0.4, 0.5) is 0 Å². The van der Waals surface area contributed by atoms with Crippen molar-refractivity contribution in [1.82, 2.24) is 20.0 Å². The Bertz CT molecular complexity index is 968. The Morgan fingerprint density at radius 1 is 1.21 bits per heavy atom. The van der Waals surface area contributed by atoms with Crippen molar-refractivity contribution in [2.24, 2.45) is 0 Å². The lowest BCUT2D eigenvalue weighted by Gasteiger charge is -2.28. The van der Waals surface area contributed by atoms with Crippen molar-refractivity contribution in [1.29, 1.82) is 0 Å². The number of fused-ring (bicyclic) bond motifs is 1. The Morgan fingerprint density at radius 3 is 2.79 bits per heavy atom. The Morgan fingerprint density at radius 2 is 2.04 bits per heavy atom. The molecule has 7 nitrogen and oxygen atoms in total. The van der Waals surface area contributed by atoms with Gasteiger partial charge in [0.15, 0.2) is 11.5 Å². The van der Waals surface area contributed by atoms with Gasteiger partial charge >= 0.3 is 0 Å². The predicted molar refractivity (Wildman–Crippen MR) is 107 cm³/mol. The van der Waals surface area contributed by atoms with E-state index in [0.717, 1.165) is 21.8 Å². The molecular weight excluding hydrogens is 376 g/mol. The number of hydrogen-bond acceptors (Lipinski definition) is 6. The predicted octanol–water partition coefficient (Wildman–Crippen LogP) is 3.13. The third-order valence-electron chi connectivity index (χ3n) is 4.65. The van der Waals surface area contributed by atoms with Gasteiger partial charge in [0, 0.05) is 7.05 Å². The van der Waals surface area contributed by atoms with Gasteiger partial charge in [-0.3, -0.25) is 14.8 Å². The van der Waals surface area contributed by atoms with E-state index in [1.54, 1.807) is 23.3 Å². The van der Waals surface area contributed by atoms with Gasteiger partial charge in [-0.15, -0.1) is 11.3 Å². The SMILES string of the molecule is CN(Cc1cc(-c2cccs2)n[nH]1)C(=O)[C@@H](c1ccc2c(c1)OCO2)N(C)C. The molecule has 0 saturated heterocycles. The summed E-state index contributed by atoms with van der Waals surface area (Å²) in [7, 11) is 5.59. The van der Waals surface area contributed by atoms with E-state index in [9.17, 15) is 4.79 Å². The molecule has 0 saturated carbocycles. The fraction of sp³-hybridized carbons (Fsp3) is 0.300. The van der Waals surface area contributed by atoms with Crippen molar-refractivity contribution in [3.05, 3.63) is 53.0 Å². The van der Waals surface area contributed by atoms with E-state index < -0.39 is 6.04 Å². The van der Waals surface area contributed by atoms with Crippen molar-refractivity contribution < 1.29 is 14.3 Å². The second-order valence-corrected chi connectivity index (χ2v) is 7.88. The molecule has 0 radical (unpaired) electrons. The number of hydrogen-bond donors (Lipinski definition) is 1. The number of aromatic nitrogens is 2. The smallest absolute Gasteiger partial charge is 0.244 e. The summed E-state index contributed by atoms with van der Waals surface area (Å²) in [6, 6.07) is 11.2. The van der Waals surface area contributed by atoms with Gasteiger partial charge in [0.2, 0.25) is 12.7 Å². The first-order valence-electron chi connectivity index (χ1n) is 8.92. The van der Waals surface area contributed by atoms with Gasteiger partial charge in [0.05, 0.1) is 17.1 Å². The number of thiophene rings is 1. The first-order chi connectivity index (χ1) is 13.5. The van der Waals surface area contributed by atoms with E-state index in [2.05, 4.69) is 10.2 Å². The molecule has 0 spiro atoms. The number of carbonyl (C=O) groups is 1. The number of nitrogens with one attached hydrogen (secondary N) is 1. The molecule has 0 aliphatic carbocycles. The van der Waals surface area contributed by atoms with Crippen LogP contribution < -0.4 is 9.47 Å². The summed E-state index contributed by atoms with van der Waals surface area (Å²) in [5.41, 5.74) is 2.66. The fourth-order valence-electron chi connectivity index (χ4n) is 3.28. The summed E-state index contributed by atoms with van der Waals surface area (Å²) in [5.74, 6) is 1.38. The number of H-pyrrole nitrogens is 1. The minimum atomic E-state index is -0.417. The van der Waals surface area contributed by atoms with E-state index in [1.165, 1.54) is 0 Å². The molecule has 2 aromatic heterocycles. The van der Waals surface area contributed by atoms with Gasteiger partial charge in [-0.25, -0.2) is 0 Å². The van der Waals surface area contributed by atoms with Gasteiger partial charge in [-0.1, -0.05) is 12.1 Å². The molecule has 0 unspecified atom stereocenters. The largest absolute Gasteiger partial charge is 0.454 e. The van der Waals surface area contributed by atoms with Crippen molar-refractivity contribution in [3.8, 4) is 22.1 Å². The Balaban J connectivity index is 1.51. The molecule has 146 valence electrons. The lowest BCUT2D eigenvalue weighted by Crippen LogP contribution is -2.38. The van der Waals surface area contributed by atoms with Crippen LogP contribution in [0.1, 0.15) is 17.3 Å². The van der Waals surface area contributed by atoms with Gasteiger partial charge < -0.3 is 14.4 Å². The highest BCUT2D eigenvalue weighted by atomic mass is 32.1. The van der Waals surface area contributed by atoms with Crippen LogP contribution in [0.5, 0.6) is 11.5 Å². The zero-order chi connectivity index (χ0) is 19.7. The van der Waals surface area contributed by atoms with Crippen molar-refractivity contribution in [2.75, 3.05) is 27.9 Å². The van der Waals surface area contributed by atoms with Gasteiger partial charge in [0.25, 0.3) is 0 Å². The summed E-state index contributed by atoms with van der Waals surface area (Å²) < 4.78 is 10.8. The first-order valence-corrected chi connectivity index (χ1v) is 9.80. The lowest BCUT2D eigenvalue weighted by atomic mass is 10.0. The highest BCUT2D eigenvalue weighted by Gasteiger charge is 2.28. The monoisotopic (exact) mass is 398 g/mol. The summed E-state index contributed by atoms with van der Waals surface area (Å²) in [4.78, 5) is 17.9. The second kappa shape index (κ2) is 7.65. The van der Waals surface area contributed by atoms with E-state index in [1.807, 2.05) is 60.8 Å². The molecular formula is C20H22N4O3S. The standard InChI is InChI=1S/C20H22N4O3S/c1-23(2)19(13-6-7-16-17(9-13)27-12-26-16)20(25)24(3)11-14-10-15(22-21-14)18-5-4-8-28-18/h4-10,19H,11-12H2,1-3H3,(H,21,22)/t19-/m1/s1. The first kappa shape index (κ1) is 18.5. The van der Waals surface area contributed by atoms with Crippen LogP contribution in [0.2, 0.25) is 0 Å². The summed E-state index contributed by atoms with van der Waals surface area (Å²) >= 11 is 1.64. The number of benzene rings is 1. The second-order valence-electron chi connectivity index (χ2n) is 6.93.